The van der Waals surface area contributed by atoms with Crippen LogP contribution in [-0.4, -0.2) is 12.7 Å². The van der Waals surface area contributed by atoms with Crippen LogP contribution in [0.5, 0.6) is 5.75 Å². The Morgan fingerprint density at radius 3 is 2.40 bits per heavy atom. The Hall–Kier alpha value is -1.16. The molecule has 4 heteroatoms. The van der Waals surface area contributed by atoms with Crippen molar-refractivity contribution in [3.05, 3.63) is 29.8 Å². The Bertz CT molecular complexity index is 403. The van der Waals surface area contributed by atoms with Crippen LogP contribution in [0.25, 0.3) is 0 Å². The Kier molecular flexibility index (Phi) is 5.35. The first-order valence-electron chi connectivity index (χ1n) is 7.39. The van der Waals surface area contributed by atoms with Crippen LogP contribution in [-0.2, 0) is 0 Å². The highest BCUT2D eigenvalue weighted by atomic mass is 19.3. The van der Waals surface area contributed by atoms with Gasteiger partial charge in [-0.05, 0) is 43.4 Å². The van der Waals surface area contributed by atoms with E-state index in [1.807, 2.05) is 12.1 Å². The lowest BCUT2D eigenvalue weighted by molar-refractivity contribution is -0.0498. The predicted molar refractivity (Wildman–Crippen MR) is 76.0 cm³/mol. The molecule has 20 heavy (non-hydrogen) atoms. The van der Waals surface area contributed by atoms with Gasteiger partial charge in [-0.3, -0.25) is 0 Å². The molecule has 1 aliphatic rings. The van der Waals surface area contributed by atoms with Gasteiger partial charge < -0.3 is 10.1 Å². The average Bonchev–Trinajstić information content (AvgIpc) is 3.22. The van der Waals surface area contributed by atoms with Crippen LogP contribution in [0, 0.1) is 5.92 Å². The monoisotopic (exact) mass is 283 g/mol. The van der Waals surface area contributed by atoms with Crippen molar-refractivity contribution in [3.63, 3.8) is 0 Å². The van der Waals surface area contributed by atoms with Crippen LogP contribution in [0.1, 0.15) is 51.1 Å². The number of benzene rings is 1. The quantitative estimate of drug-likeness (QED) is 0.757. The van der Waals surface area contributed by atoms with Crippen molar-refractivity contribution in [1.82, 2.24) is 5.32 Å². The molecule has 1 saturated carbocycles. The second-order valence-electron chi connectivity index (χ2n) is 5.62. The second-order valence-corrected chi connectivity index (χ2v) is 5.62. The van der Waals surface area contributed by atoms with Crippen LogP contribution < -0.4 is 10.1 Å². The van der Waals surface area contributed by atoms with Gasteiger partial charge in [-0.2, -0.15) is 8.78 Å². The number of halogens is 2. The zero-order valence-corrected chi connectivity index (χ0v) is 12.1. The molecule has 0 saturated heterocycles. The van der Waals surface area contributed by atoms with E-state index in [4.69, 9.17) is 0 Å². The van der Waals surface area contributed by atoms with Gasteiger partial charge in [0, 0.05) is 12.1 Å². The van der Waals surface area contributed by atoms with E-state index in [0.717, 1.165) is 17.9 Å². The van der Waals surface area contributed by atoms with Gasteiger partial charge in [-0.1, -0.05) is 31.9 Å². The lowest BCUT2D eigenvalue weighted by atomic mass is 10.0. The van der Waals surface area contributed by atoms with Crippen LogP contribution in [0.4, 0.5) is 8.78 Å². The molecule has 2 unspecified atom stereocenters. The molecule has 2 nitrogen and oxygen atoms in total. The van der Waals surface area contributed by atoms with Gasteiger partial charge in [-0.25, -0.2) is 0 Å². The molecular weight excluding hydrogens is 260 g/mol. The molecule has 0 heterocycles. The van der Waals surface area contributed by atoms with Crippen LogP contribution in [0.2, 0.25) is 0 Å². The van der Waals surface area contributed by atoms with Gasteiger partial charge in [0.05, 0.1) is 0 Å². The zero-order valence-electron chi connectivity index (χ0n) is 12.1. The minimum atomic E-state index is -2.76. The molecule has 0 aliphatic heterocycles. The minimum absolute atomic E-state index is 0.209. The summed E-state index contributed by atoms with van der Waals surface area (Å²) >= 11 is 0. The average molecular weight is 283 g/mol. The molecular formula is C16H23F2NO. The number of rotatable bonds is 8. The Morgan fingerprint density at radius 1 is 1.25 bits per heavy atom. The van der Waals surface area contributed by atoms with Gasteiger partial charge in [0.1, 0.15) is 5.75 Å². The minimum Gasteiger partial charge on any atom is -0.435 e. The summed E-state index contributed by atoms with van der Waals surface area (Å²) in [6.45, 7) is 1.55. The normalized spacial score (nSPS) is 18.1. The topological polar surface area (TPSA) is 21.3 Å². The summed E-state index contributed by atoms with van der Waals surface area (Å²) < 4.78 is 28.5. The van der Waals surface area contributed by atoms with Gasteiger partial charge in [-0.15, -0.1) is 0 Å². The summed E-state index contributed by atoms with van der Waals surface area (Å²) in [5.74, 6) is 1.11. The molecule has 112 valence electrons. The fraction of sp³-hybridized carbons (Fsp3) is 0.625. The summed E-state index contributed by atoms with van der Waals surface area (Å²) in [4.78, 5) is 0. The SMILES string of the molecule is CCC(CC1CC1)NC(C)c1ccc(OC(F)F)cc1. The van der Waals surface area contributed by atoms with Crippen molar-refractivity contribution < 1.29 is 13.5 Å². The summed E-state index contributed by atoms with van der Waals surface area (Å²) in [5.41, 5.74) is 1.10. The van der Waals surface area contributed by atoms with Crippen molar-refractivity contribution in [2.75, 3.05) is 0 Å². The highest BCUT2D eigenvalue weighted by Crippen LogP contribution is 2.34. The summed E-state index contributed by atoms with van der Waals surface area (Å²) in [5, 5.41) is 3.63. The van der Waals surface area contributed by atoms with E-state index in [1.165, 1.54) is 19.3 Å². The zero-order chi connectivity index (χ0) is 14.5. The third-order valence-corrected chi connectivity index (χ3v) is 3.90. The molecule has 2 atom stereocenters. The fourth-order valence-corrected chi connectivity index (χ4v) is 2.50. The molecule has 1 N–H and O–H groups in total. The van der Waals surface area contributed by atoms with Crippen molar-refractivity contribution in [2.24, 2.45) is 5.92 Å². The van der Waals surface area contributed by atoms with E-state index in [9.17, 15) is 8.78 Å². The van der Waals surface area contributed by atoms with Crippen LogP contribution in [0.3, 0.4) is 0 Å². The Morgan fingerprint density at radius 2 is 1.90 bits per heavy atom. The standard InChI is InChI=1S/C16H23F2NO/c1-3-14(10-12-4-5-12)19-11(2)13-6-8-15(9-7-13)20-16(17)18/h6-9,11-12,14,16,19H,3-5,10H2,1-2H3. The highest BCUT2D eigenvalue weighted by molar-refractivity contribution is 5.29. The molecule has 0 amide bonds. The number of nitrogens with one attached hydrogen (secondary N) is 1. The molecule has 0 aromatic heterocycles. The molecule has 1 aromatic carbocycles. The molecule has 1 aliphatic carbocycles. The number of alkyl halides is 2. The molecule has 0 bridgehead atoms. The van der Waals surface area contributed by atoms with E-state index in [-0.39, 0.29) is 11.8 Å². The van der Waals surface area contributed by atoms with Crippen molar-refractivity contribution >= 4 is 0 Å². The maximum absolute atomic E-state index is 12.1. The summed E-state index contributed by atoms with van der Waals surface area (Å²) in [6, 6.07) is 7.65. The molecule has 0 radical (unpaired) electrons. The van der Waals surface area contributed by atoms with Gasteiger partial charge in [0.15, 0.2) is 0 Å². The Labute approximate surface area is 119 Å². The maximum Gasteiger partial charge on any atom is 0.387 e. The van der Waals surface area contributed by atoms with Crippen molar-refractivity contribution in [2.45, 2.75) is 58.2 Å². The van der Waals surface area contributed by atoms with Crippen LogP contribution in [0.15, 0.2) is 24.3 Å². The largest absolute Gasteiger partial charge is 0.435 e. The number of hydrogen-bond donors (Lipinski definition) is 1. The predicted octanol–water partition coefficient (Wildman–Crippen LogP) is 4.52. The molecule has 1 aromatic rings. The summed E-state index contributed by atoms with van der Waals surface area (Å²) in [6.07, 6.45) is 5.10. The molecule has 0 spiro atoms. The molecule has 1 fully saturated rings. The van der Waals surface area contributed by atoms with E-state index in [1.54, 1.807) is 12.1 Å². The first-order chi connectivity index (χ1) is 9.58. The first kappa shape index (κ1) is 15.2. The van der Waals surface area contributed by atoms with Gasteiger partial charge in [0.25, 0.3) is 0 Å². The number of hydrogen-bond acceptors (Lipinski definition) is 2. The number of ether oxygens (including phenoxy) is 1. The second kappa shape index (κ2) is 7.02. The van der Waals surface area contributed by atoms with Gasteiger partial charge >= 0.3 is 6.61 Å². The summed E-state index contributed by atoms with van der Waals surface area (Å²) in [7, 11) is 0. The first-order valence-corrected chi connectivity index (χ1v) is 7.39. The third-order valence-electron chi connectivity index (χ3n) is 3.90. The Balaban J connectivity index is 1.88. The van der Waals surface area contributed by atoms with E-state index < -0.39 is 6.61 Å². The highest BCUT2D eigenvalue weighted by Gasteiger charge is 2.25. The maximum atomic E-state index is 12.1. The smallest absolute Gasteiger partial charge is 0.387 e. The van der Waals surface area contributed by atoms with E-state index >= 15 is 0 Å². The fourth-order valence-electron chi connectivity index (χ4n) is 2.50. The lowest BCUT2D eigenvalue weighted by Gasteiger charge is -2.22. The van der Waals surface area contributed by atoms with Gasteiger partial charge in [0.2, 0.25) is 0 Å². The third kappa shape index (κ3) is 4.75. The van der Waals surface area contributed by atoms with E-state index in [0.29, 0.717) is 6.04 Å². The van der Waals surface area contributed by atoms with Crippen LogP contribution >= 0.6 is 0 Å². The lowest BCUT2D eigenvalue weighted by Crippen LogP contribution is -2.31. The van der Waals surface area contributed by atoms with E-state index in [2.05, 4.69) is 23.9 Å². The van der Waals surface area contributed by atoms with Crippen molar-refractivity contribution in [3.8, 4) is 5.75 Å². The molecule has 2 rings (SSSR count). The van der Waals surface area contributed by atoms with Crippen molar-refractivity contribution in [1.29, 1.82) is 0 Å².